The SMILES string of the molecule is Cc1cc(C(=O)Nc2n[nH]c(-c3cccc4ccccc34)n2)on1. The number of benzene rings is 2. The Morgan fingerprint density at radius 2 is 2.00 bits per heavy atom. The van der Waals surface area contributed by atoms with Gasteiger partial charge in [0.1, 0.15) is 0 Å². The summed E-state index contributed by atoms with van der Waals surface area (Å²) in [6, 6.07) is 15.5. The van der Waals surface area contributed by atoms with Crippen LogP contribution in [0.25, 0.3) is 22.2 Å². The van der Waals surface area contributed by atoms with Crippen molar-refractivity contribution >= 4 is 22.6 Å². The molecule has 4 rings (SSSR count). The van der Waals surface area contributed by atoms with Crippen LogP contribution in [-0.2, 0) is 0 Å². The molecule has 2 aromatic heterocycles. The first kappa shape index (κ1) is 14.1. The molecule has 2 N–H and O–H groups in total. The first-order valence-corrected chi connectivity index (χ1v) is 7.36. The Morgan fingerprint density at radius 3 is 2.83 bits per heavy atom. The molecule has 0 spiro atoms. The van der Waals surface area contributed by atoms with Gasteiger partial charge in [0.05, 0.1) is 5.69 Å². The molecule has 4 aromatic rings. The highest BCUT2D eigenvalue weighted by Crippen LogP contribution is 2.26. The Morgan fingerprint density at radius 1 is 1.17 bits per heavy atom. The Balaban J connectivity index is 1.64. The van der Waals surface area contributed by atoms with Gasteiger partial charge in [-0.25, -0.2) is 0 Å². The van der Waals surface area contributed by atoms with Crippen LogP contribution < -0.4 is 5.32 Å². The van der Waals surface area contributed by atoms with Crippen LogP contribution in [0.5, 0.6) is 0 Å². The van der Waals surface area contributed by atoms with Crippen molar-refractivity contribution in [2.75, 3.05) is 5.32 Å². The fourth-order valence-corrected chi connectivity index (χ4v) is 2.50. The lowest BCUT2D eigenvalue weighted by molar-refractivity contribution is 0.0987. The molecule has 7 heteroatoms. The largest absolute Gasteiger partial charge is 0.351 e. The van der Waals surface area contributed by atoms with E-state index in [9.17, 15) is 4.79 Å². The van der Waals surface area contributed by atoms with Gasteiger partial charge in [0.25, 0.3) is 5.91 Å². The van der Waals surface area contributed by atoms with Crippen LogP contribution >= 0.6 is 0 Å². The van der Waals surface area contributed by atoms with Gasteiger partial charge in [0.2, 0.25) is 11.7 Å². The van der Waals surface area contributed by atoms with Crippen molar-refractivity contribution in [1.82, 2.24) is 20.3 Å². The molecule has 2 heterocycles. The van der Waals surface area contributed by atoms with Crippen LogP contribution in [0, 0.1) is 6.92 Å². The Hall–Kier alpha value is -3.48. The number of aromatic amines is 1. The van der Waals surface area contributed by atoms with Gasteiger partial charge in [-0.3, -0.25) is 15.2 Å². The van der Waals surface area contributed by atoms with E-state index >= 15 is 0 Å². The third-order valence-electron chi connectivity index (χ3n) is 3.61. The molecule has 0 aliphatic heterocycles. The predicted octanol–water partition coefficient (Wildman–Crippen LogP) is 3.17. The third-order valence-corrected chi connectivity index (χ3v) is 3.61. The Kier molecular flexibility index (Phi) is 3.31. The van der Waals surface area contributed by atoms with Crippen molar-refractivity contribution in [2.24, 2.45) is 0 Å². The second-order valence-corrected chi connectivity index (χ2v) is 5.32. The predicted molar refractivity (Wildman–Crippen MR) is 88.5 cm³/mol. The zero-order valence-electron chi connectivity index (χ0n) is 12.8. The average Bonchev–Trinajstić information content (AvgIpc) is 3.23. The maximum absolute atomic E-state index is 12.0. The summed E-state index contributed by atoms with van der Waals surface area (Å²) in [5.41, 5.74) is 1.54. The van der Waals surface area contributed by atoms with E-state index in [2.05, 4.69) is 25.7 Å². The smallest absolute Gasteiger partial charge is 0.296 e. The molecule has 0 saturated carbocycles. The number of anilines is 1. The van der Waals surface area contributed by atoms with Gasteiger partial charge in [-0.1, -0.05) is 47.6 Å². The van der Waals surface area contributed by atoms with Gasteiger partial charge >= 0.3 is 0 Å². The molecule has 0 bridgehead atoms. The number of H-pyrrole nitrogens is 1. The summed E-state index contributed by atoms with van der Waals surface area (Å²) in [7, 11) is 0. The second kappa shape index (κ2) is 5.62. The van der Waals surface area contributed by atoms with Crippen LogP contribution in [0.4, 0.5) is 5.95 Å². The van der Waals surface area contributed by atoms with Crippen LogP contribution in [0.2, 0.25) is 0 Å². The minimum Gasteiger partial charge on any atom is -0.351 e. The number of carbonyl (C=O) groups excluding carboxylic acids is 1. The molecule has 0 saturated heterocycles. The monoisotopic (exact) mass is 319 g/mol. The first-order chi connectivity index (χ1) is 11.7. The van der Waals surface area contributed by atoms with Crippen molar-refractivity contribution in [3.8, 4) is 11.4 Å². The van der Waals surface area contributed by atoms with Crippen molar-refractivity contribution in [3.05, 3.63) is 60.0 Å². The maximum atomic E-state index is 12.0. The lowest BCUT2D eigenvalue weighted by Crippen LogP contribution is -2.12. The Bertz CT molecular complexity index is 1030. The number of aryl methyl sites for hydroxylation is 1. The lowest BCUT2D eigenvalue weighted by atomic mass is 10.0. The lowest BCUT2D eigenvalue weighted by Gasteiger charge is -2.02. The molecular formula is C17H13N5O2. The number of hydrogen-bond donors (Lipinski definition) is 2. The van der Waals surface area contributed by atoms with E-state index in [0.29, 0.717) is 11.5 Å². The topological polar surface area (TPSA) is 96.7 Å². The van der Waals surface area contributed by atoms with Crippen molar-refractivity contribution in [3.63, 3.8) is 0 Å². The quantitative estimate of drug-likeness (QED) is 0.604. The van der Waals surface area contributed by atoms with Gasteiger partial charge in [0, 0.05) is 11.6 Å². The van der Waals surface area contributed by atoms with E-state index in [-0.39, 0.29) is 11.7 Å². The highest BCUT2D eigenvalue weighted by atomic mass is 16.5. The number of nitrogens with zero attached hydrogens (tertiary/aromatic N) is 3. The number of fused-ring (bicyclic) bond motifs is 1. The van der Waals surface area contributed by atoms with Gasteiger partial charge < -0.3 is 4.52 Å². The normalized spacial score (nSPS) is 10.9. The molecule has 2 aromatic carbocycles. The van der Waals surface area contributed by atoms with Crippen molar-refractivity contribution in [1.29, 1.82) is 0 Å². The highest BCUT2D eigenvalue weighted by Gasteiger charge is 2.15. The van der Waals surface area contributed by atoms with Gasteiger partial charge in [-0.15, -0.1) is 5.10 Å². The summed E-state index contributed by atoms with van der Waals surface area (Å²) in [6.07, 6.45) is 0. The number of aromatic nitrogens is 4. The minimum absolute atomic E-state index is 0.115. The summed E-state index contributed by atoms with van der Waals surface area (Å²) in [5, 5.41) is 15.3. The van der Waals surface area contributed by atoms with Crippen LogP contribution in [0.15, 0.2) is 53.1 Å². The zero-order valence-corrected chi connectivity index (χ0v) is 12.8. The highest BCUT2D eigenvalue weighted by molar-refractivity contribution is 6.01. The van der Waals surface area contributed by atoms with Crippen LogP contribution in [0.1, 0.15) is 16.2 Å². The standard InChI is InChI=1S/C17H13N5O2/c1-10-9-14(24-22-10)16(23)19-17-18-15(20-21-17)13-8-4-6-11-5-2-3-7-12(11)13/h2-9H,1H3,(H2,18,19,20,21,23). The fraction of sp³-hybridized carbons (Fsp3) is 0.0588. The van der Waals surface area contributed by atoms with E-state index in [1.165, 1.54) is 0 Å². The van der Waals surface area contributed by atoms with Gasteiger partial charge in [0.15, 0.2) is 5.82 Å². The molecule has 0 aliphatic carbocycles. The van der Waals surface area contributed by atoms with Crippen LogP contribution in [-0.4, -0.2) is 26.2 Å². The second-order valence-electron chi connectivity index (χ2n) is 5.32. The molecule has 24 heavy (non-hydrogen) atoms. The van der Waals surface area contributed by atoms with Crippen molar-refractivity contribution in [2.45, 2.75) is 6.92 Å². The molecule has 7 nitrogen and oxygen atoms in total. The minimum atomic E-state index is -0.445. The molecule has 0 radical (unpaired) electrons. The van der Waals surface area contributed by atoms with Crippen molar-refractivity contribution < 1.29 is 9.32 Å². The van der Waals surface area contributed by atoms with Gasteiger partial charge in [-0.2, -0.15) is 4.98 Å². The molecule has 118 valence electrons. The molecule has 1 amide bonds. The molecule has 0 fully saturated rings. The van der Waals surface area contributed by atoms with E-state index < -0.39 is 5.91 Å². The van der Waals surface area contributed by atoms with E-state index in [4.69, 9.17) is 4.52 Å². The summed E-state index contributed by atoms with van der Waals surface area (Å²) in [5.74, 6) is 0.427. The van der Waals surface area contributed by atoms with Gasteiger partial charge in [-0.05, 0) is 17.7 Å². The number of amides is 1. The zero-order chi connectivity index (χ0) is 16.5. The molecule has 0 unspecified atom stereocenters. The molecule has 0 aliphatic rings. The number of carbonyl (C=O) groups is 1. The third kappa shape index (κ3) is 2.52. The number of nitrogens with one attached hydrogen (secondary N) is 2. The van der Waals surface area contributed by atoms with E-state index in [0.717, 1.165) is 16.3 Å². The Labute approximate surface area is 136 Å². The fourth-order valence-electron chi connectivity index (χ4n) is 2.50. The summed E-state index contributed by atoms with van der Waals surface area (Å²) >= 11 is 0. The maximum Gasteiger partial charge on any atom is 0.296 e. The average molecular weight is 319 g/mol. The van der Waals surface area contributed by atoms with Crippen LogP contribution in [0.3, 0.4) is 0 Å². The summed E-state index contributed by atoms with van der Waals surface area (Å²) in [6.45, 7) is 1.74. The molecule has 0 atom stereocenters. The summed E-state index contributed by atoms with van der Waals surface area (Å²) in [4.78, 5) is 16.4. The van der Waals surface area contributed by atoms with E-state index in [1.807, 2.05) is 42.5 Å². The number of hydrogen-bond acceptors (Lipinski definition) is 5. The van der Waals surface area contributed by atoms with E-state index in [1.54, 1.807) is 13.0 Å². The first-order valence-electron chi connectivity index (χ1n) is 7.36. The number of rotatable bonds is 3. The summed E-state index contributed by atoms with van der Waals surface area (Å²) < 4.78 is 4.92. The molecular weight excluding hydrogens is 306 g/mol.